The molecule has 0 radical (unpaired) electrons. The van der Waals surface area contributed by atoms with Crippen LogP contribution in [0.4, 0.5) is 0 Å². The van der Waals surface area contributed by atoms with Gasteiger partial charge in [-0.25, -0.2) is 8.42 Å². The molecule has 2 rings (SSSR count). The molecule has 0 bridgehead atoms. The van der Waals surface area contributed by atoms with Crippen molar-refractivity contribution in [3.8, 4) is 0 Å². The molecule has 1 fully saturated rings. The normalized spacial score (nSPS) is 19.4. The van der Waals surface area contributed by atoms with Crippen molar-refractivity contribution in [3.63, 3.8) is 0 Å². The predicted octanol–water partition coefficient (Wildman–Crippen LogP) is 1.68. The maximum Gasteiger partial charge on any atom is 0.242 e. The minimum absolute atomic E-state index is 0.279. The monoisotopic (exact) mass is 344 g/mol. The molecule has 1 aliphatic heterocycles. The van der Waals surface area contributed by atoms with Crippen molar-refractivity contribution < 1.29 is 13.2 Å². The molecule has 7 heteroatoms. The van der Waals surface area contributed by atoms with E-state index in [1.54, 1.807) is 12.1 Å². The Balaban J connectivity index is 2.20. The lowest BCUT2D eigenvalue weighted by atomic mass is 9.95. The van der Waals surface area contributed by atoms with Crippen LogP contribution in [0.3, 0.4) is 0 Å². The molecule has 0 spiro atoms. The van der Waals surface area contributed by atoms with E-state index >= 15 is 0 Å². The zero-order chi connectivity index (χ0) is 16.4. The number of benzene rings is 1. The summed E-state index contributed by atoms with van der Waals surface area (Å²) in [6.45, 7) is 2.88. The summed E-state index contributed by atoms with van der Waals surface area (Å²) in [5.74, 6) is -0.418. The van der Waals surface area contributed by atoms with Crippen LogP contribution in [0.15, 0.2) is 24.3 Å². The van der Waals surface area contributed by atoms with Crippen LogP contribution in [0.1, 0.15) is 31.4 Å². The summed E-state index contributed by atoms with van der Waals surface area (Å²) >= 11 is 5.85. The fraction of sp³-hybridized carbons (Fsp3) is 0.533. The highest BCUT2D eigenvalue weighted by atomic mass is 35.5. The van der Waals surface area contributed by atoms with E-state index in [0.717, 1.165) is 11.8 Å². The third kappa shape index (κ3) is 3.45. The summed E-state index contributed by atoms with van der Waals surface area (Å²) in [7, 11) is -3.49. The van der Waals surface area contributed by atoms with Crippen molar-refractivity contribution in [2.75, 3.05) is 19.3 Å². The number of hydrogen-bond donors (Lipinski definition) is 2. The molecule has 1 amide bonds. The SMILES string of the molecule is CC(NC(=O)C1(S(C)(=O)=O)CCNCC1)c1ccc(Cl)cc1. The predicted molar refractivity (Wildman–Crippen MR) is 87.7 cm³/mol. The number of halogens is 1. The van der Waals surface area contributed by atoms with E-state index in [4.69, 9.17) is 11.6 Å². The summed E-state index contributed by atoms with van der Waals surface area (Å²) < 4.78 is 23.1. The van der Waals surface area contributed by atoms with E-state index in [-0.39, 0.29) is 6.04 Å². The second-order valence-corrected chi connectivity index (χ2v) is 8.53. The molecular weight excluding hydrogens is 324 g/mol. The number of carbonyl (C=O) groups excluding carboxylic acids is 1. The van der Waals surface area contributed by atoms with Gasteiger partial charge in [0.1, 0.15) is 0 Å². The van der Waals surface area contributed by atoms with Gasteiger partial charge in [0.05, 0.1) is 6.04 Å². The molecule has 122 valence electrons. The van der Waals surface area contributed by atoms with Gasteiger partial charge >= 0.3 is 0 Å². The number of piperidine rings is 1. The average molecular weight is 345 g/mol. The van der Waals surface area contributed by atoms with E-state index in [1.807, 2.05) is 19.1 Å². The van der Waals surface area contributed by atoms with Crippen LogP contribution in [-0.4, -0.2) is 38.4 Å². The lowest BCUT2D eigenvalue weighted by Gasteiger charge is -2.35. The van der Waals surface area contributed by atoms with Gasteiger partial charge < -0.3 is 10.6 Å². The lowest BCUT2D eigenvalue weighted by Crippen LogP contribution is -2.57. The first kappa shape index (κ1) is 17.2. The molecule has 0 aromatic heterocycles. The quantitative estimate of drug-likeness (QED) is 0.871. The first-order valence-corrected chi connectivity index (χ1v) is 9.50. The summed E-state index contributed by atoms with van der Waals surface area (Å²) in [4.78, 5) is 12.7. The smallest absolute Gasteiger partial charge is 0.242 e. The Hall–Kier alpha value is -1.11. The van der Waals surface area contributed by atoms with E-state index in [9.17, 15) is 13.2 Å². The van der Waals surface area contributed by atoms with Crippen molar-refractivity contribution in [1.82, 2.24) is 10.6 Å². The zero-order valence-electron chi connectivity index (χ0n) is 12.7. The maximum atomic E-state index is 12.7. The van der Waals surface area contributed by atoms with E-state index in [2.05, 4.69) is 10.6 Å². The molecule has 0 aliphatic carbocycles. The number of nitrogens with one attached hydrogen (secondary N) is 2. The van der Waals surface area contributed by atoms with Crippen LogP contribution < -0.4 is 10.6 Å². The van der Waals surface area contributed by atoms with Crippen molar-refractivity contribution in [1.29, 1.82) is 0 Å². The number of hydrogen-bond acceptors (Lipinski definition) is 4. The highest BCUT2D eigenvalue weighted by Gasteiger charge is 2.48. The van der Waals surface area contributed by atoms with Gasteiger partial charge in [-0.1, -0.05) is 23.7 Å². The molecule has 1 aromatic carbocycles. The van der Waals surface area contributed by atoms with Crippen LogP contribution in [0.25, 0.3) is 0 Å². The largest absolute Gasteiger partial charge is 0.348 e. The fourth-order valence-electron chi connectivity index (χ4n) is 2.76. The molecule has 5 nitrogen and oxygen atoms in total. The van der Waals surface area contributed by atoms with E-state index < -0.39 is 20.5 Å². The van der Waals surface area contributed by atoms with Crippen LogP contribution in [-0.2, 0) is 14.6 Å². The van der Waals surface area contributed by atoms with Crippen molar-refractivity contribution in [2.24, 2.45) is 0 Å². The van der Waals surface area contributed by atoms with Crippen LogP contribution in [0, 0.1) is 0 Å². The van der Waals surface area contributed by atoms with Gasteiger partial charge in [-0.15, -0.1) is 0 Å². The summed E-state index contributed by atoms with van der Waals surface area (Å²) in [5, 5.41) is 6.56. The van der Waals surface area contributed by atoms with Crippen LogP contribution in [0.2, 0.25) is 5.02 Å². The Morgan fingerprint density at radius 2 is 1.82 bits per heavy atom. The fourth-order valence-corrected chi connectivity index (χ4v) is 4.23. The Labute approximate surface area is 136 Å². The summed E-state index contributed by atoms with van der Waals surface area (Å²) in [6, 6.07) is 6.86. The average Bonchev–Trinajstić information content (AvgIpc) is 2.47. The van der Waals surface area contributed by atoms with Crippen LogP contribution in [0.5, 0.6) is 0 Å². The maximum absolute atomic E-state index is 12.7. The molecule has 0 saturated carbocycles. The Morgan fingerprint density at radius 3 is 2.32 bits per heavy atom. The molecule has 1 saturated heterocycles. The molecule has 1 heterocycles. The third-order valence-corrected chi connectivity index (χ3v) is 6.52. The van der Waals surface area contributed by atoms with Gasteiger partial charge in [-0.3, -0.25) is 4.79 Å². The van der Waals surface area contributed by atoms with Crippen molar-refractivity contribution in [2.45, 2.75) is 30.6 Å². The first-order valence-electron chi connectivity index (χ1n) is 7.23. The van der Waals surface area contributed by atoms with Crippen molar-refractivity contribution >= 4 is 27.3 Å². The molecule has 1 aromatic rings. The third-order valence-electron chi connectivity index (χ3n) is 4.25. The first-order chi connectivity index (χ1) is 10.3. The lowest BCUT2D eigenvalue weighted by molar-refractivity contribution is -0.125. The topological polar surface area (TPSA) is 75.3 Å². The van der Waals surface area contributed by atoms with Gasteiger partial charge in [-0.05, 0) is 50.6 Å². The number of rotatable bonds is 4. The molecule has 2 N–H and O–H groups in total. The summed E-state index contributed by atoms with van der Waals surface area (Å²) in [6.07, 6.45) is 1.74. The van der Waals surface area contributed by atoms with Gasteiger partial charge in [0.2, 0.25) is 5.91 Å². The van der Waals surface area contributed by atoms with Crippen LogP contribution >= 0.6 is 11.6 Å². The van der Waals surface area contributed by atoms with Gasteiger partial charge in [-0.2, -0.15) is 0 Å². The second kappa shape index (κ2) is 6.56. The minimum atomic E-state index is -3.49. The number of amides is 1. The van der Waals surface area contributed by atoms with E-state index in [0.29, 0.717) is 31.0 Å². The molecular formula is C15H21ClN2O3S. The molecule has 1 unspecified atom stereocenters. The number of sulfone groups is 1. The number of carbonyl (C=O) groups is 1. The Morgan fingerprint density at radius 1 is 1.27 bits per heavy atom. The minimum Gasteiger partial charge on any atom is -0.348 e. The van der Waals surface area contributed by atoms with Gasteiger partial charge in [0.15, 0.2) is 14.6 Å². The Kier molecular flexibility index (Phi) is 5.14. The van der Waals surface area contributed by atoms with Gasteiger partial charge in [0, 0.05) is 11.3 Å². The Bertz CT molecular complexity index is 637. The molecule has 22 heavy (non-hydrogen) atoms. The van der Waals surface area contributed by atoms with Gasteiger partial charge in [0.25, 0.3) is 0 Å². The molecule has 1 aliphatic rings. The zero-order valence-corrected chi connectivity index (χ0v) is 14.3. The molecule has 1 atom stereocenters. The van der Waals surface area contributed by atoms with Crippen molar-refractivity contribution in [3.05, 3.63) is 34.9 Å². The standard InChI is InChI=1S/C15H21ClN2O3S/c1-11(12-3-5-13(16)6-4-12)18-14(19)15(22(2,20)21)7-9-17-10-8-15/h3-6,11,17H,7-10H2,1-2H3,(H,18,19). The van der Waals surface area contributed by atoms with E-state index in [1.165, 1.54) is 0 Å². The second-order valence-electron chi connectivity index (χ2n) is 5.76. The highest BCUT2D eigenvalue weighted by molar-refractivity contribution is 7.92. The summed E-state index contributed by atoms with van der Waals surface area (Å²) in [5.41, 5.74) is 0.885. The highest BCUT2D eigenvalue weighted by Crippen LogP contribution is 2.29.